The molecule has 0 saturated heterocycles. The number of thiophene rings is 1. The first-order valence-corrected chi connectivity index (χ1v) is 15.2. The molecule has 0 radical (unpaired) electrons. The molecule has 3 heterocycles. The van der Waals surface area contributed by atoms with Crippen molar-refractivity contribution in [1.82, 2.24) is 9.58 Å². The molecule has 5 aromatic rings. The minimum atomic E-state index is -0.137. The van der Waals surface area contributed by atoms with E-state index in [4.69, 9.17) is 9.84 Å². The fourth-order valence-electron chi connectivity index (χ4n) is 5.24. The maximum Gasteiger partial charge on any atom is 0.253 e. The molecule has 1 aliphatic rings. The molecule has 1 atom stereocenters. The van der Waals surface area contributed by atoms with Crippen molar-refractivity contribution in [3.63, 3.8) is 0 Å². The maximum absolute atomic E-state index is 13.7. The molecule has 7 heteroatoms. The number of benzene rings is 3. The second-order valence-corrected chi connectivity index (χ2v) is 12.1. The lowest BCUT2D eigenvalue weighted by molar-refractivity contribution is -0.130. The lowest BCUT2D eigenvalue weighted by Crippen LogP contribution is -2.28. The number of methoxy groups -OCH3 is 1. The number of hydrogen-bond donors (Lipinski definition) is 0. The van der Waals surface area contributed by atoms with E-state index in [9.17, 15) is 4.79 Å². The highest BCUT2D eigenvalue weighted by molar-refractivity contribution is 8.00. The highest BCUT2D eigenvalue weighted by Gasteiger charge is 2.33. The lowest BCUT2D eigenvalue weighted by Gasteiger charge is -2.22. The number of nitrogens with zero attached hydrogens (tertiary/aromatic N) is 3. The number of carbonyl (C=O) groups excluding carboxylic acids is 1. The third kappa shape index (κ3) is 5.31. The summed E-state index contributed by atoms with van der Waals surface area (Å²) in [6.07, 6.45) is 2.88. The van der Waals surface area contributed by atoms with Crippen LogP contribution in [0.25, 0.3) is 10.9 Å². The van der Waals surface area contributed by atoms with Gasteiger partial charge < -0.3 is 9.30 Å². The zero-order valence-electron chi connectivity index (χ0n) is 22.8. The summed E-state index contributed by atoms with van der Waals surface area (Å²) in [7, 11) is 1.66. The van der Waals surface area contributed by atoms with Crippen LogP contribution in [0.2, 0.25) is 0 Å². The van der Waals surface area contributed by atoms with E-state index in [0.717, 1.165) is 33.3 Å². The first-order valence-electron chi connectivity index (χ1n) is 13.3. The lowest BCUT2D eigenvalue weighted by atomic mass is 10.0. The normalized spacial score (nSPS) is 15.0. The fourth-order valence-corrected chi connectivity index (χ4v) is 6.90. The number of hydrazone groups is 1. The van der Waals surface area contributed by atoms with Crippen LogP contribution in [0, 0.1) is 13.8 Å². The third-order valence-electron chi connectivity index (χ3n) is 7.42. The number of amides is 1. The van der Waals surface area contributed by atoms with Gasteiger partial charge in [-0.15, -0.1) is 23.1 Å². The average Bonchev–Trinajstić information content (AvgIpc) is 3.73. The second kappa shape index (κ2) is 11.4. The van der Waals surface area contributed by atoms with Crippen molar-refractivity contribution in [1.29, 1.82) is 0 Å². The van der Waals surface area contributed by atoms with E-state index in [1.165, 1.54) is 27.6 Å². The van der Waals surface area contributed by atoms with Gasteiger partial charge in [0.2, 0.25) is 0 Å². The summed E-state index contributed by atoms with van der Waals surface area (Å²) < 4.78 is 7.65. The number of thioether (sulfide) groups is 1. The molecule has 202 valence electrons. The molecule has 1 amide bonds. The van der Waals surface area contributed by atoms with Crippen molar-refractivity contribution in [3.8, 4) is 5.75 Å². The van der Waals surface area contributed by atoms with Crippen LogP contribution < -0.4 is 4.74 Å². The van der Waals surface area contributed by atoms with E-state index in [0.29, 0.717) is 12.2 Å². The van der Waals surface area contributed by atoms with Crippen molar-refractivity contribution < 1.29 is 9.53 Å². The third-order valence-corrected chi connectivity index (χ3v) is 9.37. The summed E-state index contributed by atoms with van der Waals surface area (Å²) in [5.41, 5.74) is 7.04. The van der Waals surface area contributed by atoms with E-state index in [-0.39, 0.29) is 11.9 Å². The number of hydrogen-bond acceptors (Lipinski definition) is 5. The van der Waals surface area contributed by atoms with Crippen LogP contribution in [-0.4, -0.2) is 34.1 Å². The standard InChI is InChI=1S/C33H31N3O2S2/c1-22-10-11-23(2)25(17-22)19-35-20-32(27-7-4-5-8-29(27)35)40-21-33(37)36-30(24-12-14-26(38-3)15-13-24)18-28(34-36)31-9-6-16-39-31/h4-17,20,30H,18-19,21H2,1-3H3. The number of rotatable bonds is 8. The minimum Gasteiger partial charge on any atom is -0.497 e. The van der Waals surface area contributed by atoms with Gasteiger partial charge in [0.25, 0.3) is 5.91 Å². The van der Waals surface area contributed by atoms with Crippen molar-refractivity contribution in [3.05, 3.63) is 118 Å². The van der Waals surface area contributed by atoms with E-state index in [1.807, 2.05) is 30.3 Å². The monoisotopic (exact) mass is 565 g/mol. The summed E-state index contributed by atoms with van der Waals surface area (Å²) >= 11 is 3.24. The molecule has 0 saturated carbocycles. The van der Waals surface area contributed by atoms with Gasteiger partial charge in [0.05, 0.1) is 29.5 Å². The van der Waals surface area contributed by atoms with Gasteiger partial charge in [-0.1, -0.05) is 60.2 Å². The number of aryl methyl sites for hydroxylation is 2. The molecule has 0 fully saturated rings. The number of para-hydroxylation sites is 1. The molecule has 0 N–H and O–H groups in total. The molecule has 3 aromatic carbocycles. The number of ether oxygens (including phenoxy) is 1. The van der Waals surface area contributed by atoms with Crippen LogP contribution in [0.3, 0.4) is 0 Å². The first kappa shape index (κ1) is 26.4. The topological polar surface area (TPSA) is 46.8 Å². The molecular formula is C33H31N3O2S2. The maximum atomic E-state index is 13.7. The molecule has 0 aliphatic carbocycles. The average molecular weight is 566 g/mol. The van der Waals surface area contributed by atoms with Crippen LogP contribution in [0.15, 0.2) is 100 Å². The Balaban J connectivity index is 1.25. The van der Waals surface area contributed by atoms with E-state index in [1.54, 1.807) is 35.2 Å². The Kier molecular flexibility index (Phi) is 7.50. The number of aromatic nitrogens is 1. The summed E-state index contributed by atoms with van der Waals surface area (Å²) in [6.45, 7) is 5.09. The molecule has 5 nitrogen and oxygen atoms in total. The van der Waals surface area contributed by atoms with E-state index >= 15 is 0 Å². The van der Waals surface area contributed by atoms with Crippen LogP contribution in [0.4, 0.5) is 0 Å². The molecule has 1 unspecified atom stereocenters. The smallest absolute Gasteiger partial charge is 0.253 e. The van der Waals surface area contributed by atoms with Gasteiger partial charge in [0.15, 0.2) is 0 Å². The van der Waals surface area contributed by atoms with Gasteiger partial charge in [-0.2, -0.15) is 5.10 Å². The van der Waals surface area contributed by atoms with Crippen LogP contribution in [0.1, 0.15) is 39.6 Å². The predicted octanol–water partition coefficient (Wildman–Crippen LogP) is 7.85. The Hall–Kier alpha value is -3.81. The van der Waals surface area contributed by atoms with Crippen LogP contribution in [-0.2, 0) is 11.3 Å². The van der Waals surface area contributed by atoms with Crippen molar-refractivity contribution in [2.75, 3.05) is 12.9 Å². The second-order valence-electron chi connectivity index (χ2n) is 10.1. The van der Waals surface area contributed by atoms with Gasteiger partial charge >= 0.3 is 0 Å². The Labute approximate surface area is 243 Å². The van der Waals surface area contributed by atoms with Gasteiger partial charge in [-0.05, 0) is 60.2 Å². The molecule has 2 aromatic heterocycles. The molecular weight excluding hydrogens is 535 g/mol. The van der Waals surface area contributed by atoms with Crippen molar-refractivity contribution in [2.45, 2.75) is 37.8 Å². The Morgan fingerprint density at radius 2 is 1.88 bits per heavy atom. The zero-order valence-corrected chi connectivity index (χ0v) is 24.5. The Morgan fingerprint density at radius 1 is 1.05 bits per heavy atom. The summed E-state index contributed by atoms with van der Waals surface area (Å²) in [6, 6.07) is 27.0. The summed E-state index contributed by atoms with van der Waals surface area (Å²) in [5.74, 6) is 1.11. The van der Waals surface area contributed by atoms with Gasteiger partial charge in [-0.25, -0.2) is 5.01 Å². The highest BCUT2D eigenvalue weighted by Crippen LogP contribution is 2.36. The van der Waals surface area contributed by atoms with Gasteiger partial charge in [0, 0.05) is 35.0 Å². The largest absolute Gasteiger partial charge is 0.497 e. The molecule has 0 spiro atoms. The van der Waals surface area contributed by atoms with Crippen LogP contribution >= 0.6 is 23.1 Å². The summed E-state index contributed by atoms with van der Waals surface area (Å²) in [5, 5.41) is 9.76. The molecule has 6 rings (SSSR count). The minimum absolute atomic E-state index is 0.00346. The van der Waals surface area contributed by atoms with Crippen LogP contribution in [0.5, 0.6) is 5.75 Å². The number of fused-ring (bicyclic) bond motifs is 1. The quantitative estimate of drug-likeness (QED) is 0.180. The highest BCUT2D eigenvalue weighted by atomic mass is 32.2. The Bertz CT molecular complexity index is 1690. The van der Waals surface area contributed by atoms with Crippen molar-refractivity contribution in [2.24, 2.45) is 5.10 Å². The molecule has 0 bridgehead atoms. The van der Waals surface area contributed by atoms with E-state index in [2.05, 4.69) is 78.5 Å². The summed E-state index contributed by atoms with van der Waals surface area (Å²) in [4.78, 5) is 15.9. The zero-order chi connectivity index (χ0) is 27.6. The SMILES string of the molecule is COc1ccc(C2CC(c3cccs3)=NN2C(=O)CSc2cn(Cc3cc(C)ccc3C)c3ccccc23)cc1. The first-order chi connectivity index (χ1) is 19.5. The van der Waals surface area contributed by atoms with Crippen molar-refractivity contribution >= 4 is 45.6 Å². The van der Waals surface area contributed by atoms with Gasteiger partial charge in [-0.3, -0.25) is 4.79 Å². The molecule has 40 heavy (non-hydrogen) atoms. The fraction of sp³-hybridized carbons (Fsp3) is 0.212. The Morgan fingerprint density at radius 3 is 2.65 bits per heavy atom. The predicted molar refractivity (Wildman–Crippen MR) is 166 cm³/mol. The van der Waals surface area contributed by atoms with Gasteiger partial charge in [0.1, 0.15) is 5.75 Å². The van der Waals surface area contributed by atoms with E-state index < -0.39 is 0 Å². The number of carbonyl (C=O) groups is 1. The molecule has 1 aliphatic heterocycles.